The van der Waals surface area contributed by atoms with E-state index in [1.165, 1.54) is 0 Å². The number of aromatic nitrogens is 2. The summed E-state index contributed by atoms with van der Waals surface area (Å²) in [5, 5.41) is 7.54. The third kappa shape index (κ3) is 3.34. The molecule has 2 rings (SSSR count). The van der Waals surface area contributed by atoms with Crippen molar-refractivity contribution in [1.29, 1.82) is 0 Å². The highest BCUT2D eigenvalue weighted by molar-refractivity contribution is 5.76. The molecule has 1 atom stereocenters. The van der Waals surface area contributed by atoms with Gasteiger partial charge in [0.15, 0.2) is 0 Å². The van der Waals surface area contributed by atoms with E-state index in [1.54, 1.807) is 6.20 Å². The number of aryl methyl sites for hydroxylation is 1. The van der Waals surface area contributed by atoms with Gasteiger partial charge >= 0.3 is 0 Å². The van der Waals surface area contributed by atoms with Gasteiger partial charge in [-0.05, 0) is 30.7 Å². The van der Waals surface area contributed by atoms with Crippen molar-refractivity contribution in [3.8, 4) is 0 Å². The van der Waals surface area contributed by atoms with Crippen LogP contribution >= 0.6 is 0 Å². The van der Waals surface area contributed by atoms with Gasteiger partial charge in [-0.2, -0.15) is 5.10 Å². The standard InChI is InChI=1S/C14H18N4O/c1-10(13-7-8-16-18(13)2)17-12-5-3-11(4-6-12)9-14(15)19/h3-8,10,17H,9H2,1-2H3,(H2,15,19). The van der Waals surface area contributed by atoms with Gasteiger partial charge in [0.25, 0.3) is 0 Å². The number of nitrogens with zero attached hydrogens (tertiary/aromatic N) is 2. The van der Waals surface area contributed by atoms with Crippen molar-refractivity contribution in [2.75, 3.05) is 5.32 Å². The molecule has 2 aromatic rings. The molecule has 19 heavy (non-hydrogen) atoms. The maximum Gasteiger partial charge on any atom is 0.221 e. The van der Waals surface area contributed by atoms with Crippen LogP contribution in [0.2, 0.25) is 0 Å². The molecule has 1 unspecified atom stereocenters. The first-order chi connectivity index (χ1) is 9.06. The van der Waals surface area contributed by atoms with Gasteiger partial charge in [-0.1, -0.05) is 12.1 Å². The van der Waals surface area contributed by atoms with Crippen molar-refractivity contribution >= 4 is 11.6 Å². The van der Waals surface area contributed by atoms with Gasteiger partial charge in [-0.15, -0.1) is 0 Å². The Kier molecular flexibility index (Phi) is 3.85. The summed E-state index contributed by atoms with van der Waals surface area (Å²) in [6.45, 7) is 2.08. The second-order valence-electron chi connectivity index (χ2n) is 4.59. The molecule has 100 valence electrons. The number of amides is 1. The van der Waals surface area contributed by atoms with Gasteiger partial charge in [0.05, 0.1) is 18.2 Å². The molecule has 0 bridgehead atoms. The lowest BCUT2D eigenvalue weighted by Gasteiger charge is -2.15. The minimum absolute atomic E-state index is 0.162. The molecule has 0 aliphatic heterocycles. The smallest absolute Gasteiger partial charge is 0.221 e. The van der Waals surface area contributed by atoms with E-state index >= 15 is 0 Å². The number of rotatable bonds is 5. The van der Waals surface area contributed by atoms with Crippen LogP contribution in [0.4, 0.5) is 5.69 Å². The topological polar surface area (TPSA) is 72.9 Å². The molecule has 5 heteroatoms. The summed E-state index contributed by atoms with van der Waals surface area (Å²) in [5.74, 6) is -0.316. The monoisotopic (exact) mass is 258 g/mol. The Hall–Kier alpha value is -2.30. The van der Waals surface area contributed by atoms with Crippen molar-refractivity contribution in [3.63, 3.8) is 0 Å². The van der Waals surface area contributed by atoms with Crippen LogP contribution in [0.1, 0.15) is 24.2 Å². The molecular weight excluding hydrogens is 240 g/mol. The predicted molar refractivity (Wildman–Crippen MR) is 74.6 cm³/mol. The third-order valence-corrected chi connectivity index (χ3v) is 3.02. The number of carbonyl (C=O) groups excluding carboxylic acids is 1. The van der Waals surface area contributed by atoms with Crippen LogP contribution in [0.25, 0.3) is 0 Å². The largest absolute Gasteiger partial charge is 0.377 e. The highest BCUT2D eigenvalue weighted by atomic mass is 16.1. The SMILES string of the molecule is CC(Nc1ccc(CC(N)=O)cc1)c1ccnn1C. The first-order valence-electron chi connectivity index (χ1n) is 6.18. The van der Waals surface area contributed by atoms with E-state index in [0.717, 1.165) is 16.9 Å². The van der Waals surface area contributed by atoms with Crippen molar-refractivity contribution < 1.29 is 4.79 Å². The average Bonchev–Trinajstić information content (AvgIpc) is 2.77. The maximum absolute atomic E-state index is 10.8. The molecule has 1 heterocycles. The predicted octanol–water partition coefficient (Wildman–Crippen LogP) is 1.62. The summed E-state index contributed by atoms with van der Waals surface area (Å²) >= 11 is 0. The van der Waals surface area contributed by atoms with E-state index in [-0.39, 0.29) is 18.4 Å². The zero-order chi connectivity index (χ0) is 13.8. The van der Waals surface area contributed by atoms with Gasteiger partial charge in [0.1, 0.15) is 0 Å². The van der Waals surface area contributed by atoms with Gasteiger partial charge in [-0.25, -0.2) is 0 Å². The lowest BCUT2D eigenvalue weighted by Crippen LogP contribution is -2.14. The normalized spacial score (nSPS) is 12.1. The summed E-state index contributed by atoms with van der Waals surface area (Å²) < 4.78 is 1.85. The molecule has 3 N–H and O–H groups in total. The van der Waals surface area contributed by atoms with E-state index in [9.17, 15) is 4.79 Å². The first kappa shape index (κ1) is 13.1. The number of hydrogen-bond acceptors (Lipinski definition) is 3. The summed E-state index contributed by atoms with van der Waals surface area (Å²) in [6, 6.07) is 9.86. The van der Waals surface area contributed by atoms with Crippen LogP contribution in [0.15, 0.2) is 36.5 Å². The van der Waals surface area contributed by atoms with Crippen molar-refractivity contribution in [3.05, 3.63) is 47.8 Å². The quantitative estimate of drug-likeness (QED) is 0.856. The molecule has 0 saturated heterocycles. The number of anilines is 1. The summed E-state index contributed by atoms with van der Waals surface area (Å²) in [5.41, 5.74) is 8.20. The highest BCUT2D eigenvalue weighted by Crippen LogP contribution is 2.18. The molecule has 0 aliphatic carbocycles. The number of primary amides is 1. The van der Waals surface area contributed by atoms with Crippen molar-refractivity contribution in [2.45, 2.75) is 19.4 Å². The highest BCUT2D eigenvalue weighted by Gasteiger charge is 2.09. The number of nitrogens with one attached hydrogen (secondary N) is 1. The van der Waals surface area contributed by atoms with Gasteiger partial charge in [-0.3, -0.25) is 9.48 Å². The lowest BCUT2D eigenvalue weighted by molar-refractivity contribution is -0.117. The van der Waals surface area contributed by atoms with E-state index in [2.05, 4.69) is 17.3 Å². The zero-order valence-electron chi connectivity index (χ0n) is 11.1. The number of hydrogen-bond donors (Lipinski definition) is 2. The third-order valence-electron chi connectivity index (χ3n) is 3.02. The number of carbonyl (C=O) groups is 1. The van der Waals surface area contributed by atoms with E-state index in [0.29, 0.717) is 0 Å². The van der Waals surface area contributed by atoms with Crippen molar-refractivity contribution in [1.82, 2.24) is 9.78 Å². The minimum atomic E-state index is -0.316. The Bertz CT molecular complexity index is 559. The van der Waals surface area contributed by atoms with Crippen LogP contribution in [-0.2, 0) is 18.3 Å². The van der Waals surface area contributed by atoms with Crippen LogP contribution in [-0.4, -0.2) is 15.7 Å². The molecule has 0 saturated carbocycles. The van der Waals surface area contributed by atoms with E-state index in [1.807, 2.05) is 42.1 Å². The Morgan fingerprint density at radius 2 is 2.05 bits per heavy atom. The van der Waals surface area contributed by atoms with Crippen LogP contribution < -0.4 is 11.1 Å². The molecule has 1 amide bonds. The van der Waals surface area contributed by atoms with E-state index in [4.69, 9.17) is 5.73 Å². The average molecular weight is 258 g/mol. The van der Waals surface area contributed by atoms with Gasteiger partial charge in [0.2, 0.25) is 5.91 Å². The first-order valence-corrected chi connectivity index (χ1v) is 6.18. The van der Waals surface area contributed by atoms with E-state index < -0.39 is 0 Å². The summed E-state index contributed by atoms with van der Waals surface area (Å²) in [7, 11) is 1.92. The second-order valence-corrected chi connectivity index (χ2v) is 4.59. The minimum Gasteiger partial charge on any atom is -0.377 e. The van der Waals surface area contributed by atoms with Crippen LogP contribution in [0, 0.1) is 0 Å². The fourth-order valence-electron chi connectivity index (χ4n) is 2.05. The summed E-state index contributed by atoms with van der Waals surface area (Å²) in [4.78, 5) is 10.8. The van der Waals surface area contributed by atoms with Crippen LogP contribution in [0.3, 0.4) is 0 Å². The molecule has 0 fully saturated rings. The number of benzene rings is 1. The molecular formula is C14H18N4O. The maximum atomic E-state index is 10.8. The second kappa shape index (κ2) is 5.56. The molecule has 1 aromatic carbocycles. The Morgan fingerprint density at radius 1 is 1.37 bits per heavy atom. The summed E-state index contributed by atoms with van der Waals surface area (Å²) in [6.07, 6.45) is 2.06. The fraction of sp³-hybridized carbons (Fsp3) is 0.286. The Balaban J connectivity index is 2.03. The number of nitrogens with two attached hydrogens (primary N) is 1. The zero-order valence-corrected chi connectivity index (χ0v) is 11.1. The molecule has 0 spiro atoms. The Labute approximate surface area is 112 Å². The van der Waals surface area contributed by atoms with Crippen molar-refractivity contribution in [2.24, 2.45) is 12.8 Å². The molecule has 1 aromatic heterocycles. The molecule has 5 nitrogen and oxygen atoms in total. The Morgan fingerprint density at radius 3 is 2.58 bits per heavy atom. The van der Waals surface area contributed by atoms with Gasteiger partial charge < -0.3 is 11.1 Å². The van der Waals surface area contributed by atoms with Crippen LogP contribution in [0.5, 0.6) is 0 Å². The lowest BCUT2D eigenvalue weighted by atomic mass is 10.1. The molecule has 0 radical (unpaired) electrons. The van der Waals surface area contributed by atoms with Gasteiger partial charge in [0, 0.05) is 18.9 Å². The fourth-order valence-corrected chi connectivity index (χ4v) is 2.05. The molecule has 0 aliphatic rings.